The summed E-state index contributed by atoms with van der Waals surface area (Å²) in [5.74, 6) is -1.62. The van der Waals surface area contributed by atoms with Gasteiger partial charge in [0.05, 0.1) is 0 Å². The van der Waals surface area contributed by atoms with Crippen molar-refractivity contribution >= 4 is 5.97 Å². The zero-order valence-electron chi connectivity index (χ0n) is 5.32. The van der Waals surface area contributed by atoms with Crippen molar-refractivity contribution in [2.24, 2.45) is 0 Å². The first-order valence-electron chi connectivity index (χ1n) is 2.59. The van der Waals surface area contributed by atoms with Crippen molar-refractivity contribution in [2.75, 3.05) is 0 Å². The van der Waals surface area contributed by atoms with Crippen molar-refractivity contribution in [1.82, 2.24) is 4.98 Å². The predicted molar refractivity (Wildman–Crippen MR) is 32.9 cm³/mol. The third-order valence-electron chi connectivity index (χ3n) is 1.02. The van der Waals surface area contributed by atoms with E-state index < -0.39 is 11.8 Å². The molecule has 0 saturated heterocycles. The number of carboxylic acid groups (broad SMARTS) is 1. The van der Waals surface area contributed by atoms with Crippen LogP contribution in [0.1, 0.15) is 10.4 Å². The van der Waals surface area contributed by atoms with Gasteiger partial charge in [0.15, 0.2) is 0 Å². The Bertz CT molecular complexity index is 264. The van der Waals surface area contributed by atoms with Crippen molar-refractivity contribution in [1.29, 1.82) is 0 Å². The van der Waals surface area contributed by atoms with Gasteiger partial charge in [-0.15, -0.1) is 0 Å². The van der Waals surface area contributed by atoms with Gasteiger partial charge in [0, 0.05) is 25.7 Å². The Morgan fingerprint density at radius 3 is 2.55 bits per heavy atom. The van der Waals surface area contributed by atoms with Gasteiger partial charge in [0.25, 0.3) is 0 Å². The van der Waals surface area contributed by atoms with Crippen LogP contribution in [0, 0.1) is 0 Å². The first-order valence-corrected chi connectivity index (χ1v) is 2.59. The van der Waals surface area contributed by atoms with Crippen LogP contribution in [0.5, 0.6) is 5.88 Å². The van der Waals surface area contributed by atoms with Crippen LogP contribution < -0.4 is 0 Å². The summed E-state index contributed by atoms with van der Waals surface area (Å²) in [6.45, 7) is 0. The van der Waals surface area contributed by atoms with Crippen LogP contribution in [-0.4, -0.2) is 21.2 Å². The van der Waals surface area contributed by atoms with Gasteiger partial charge in [-0.1, -0.05) is 0 Å². The third-order valence-corrected chi connectivity index (χ3v) is 1.02. The van der Waals surface area contributed by atoms with E-state index in [1.165, 1.54) is 18.3 Å². The zero-order chi connectivity index (χ0) is 7.56. The maximum Gasteiger partial charge on any atom is 0.341 e. The van der Waals surface area contributed by atoms with E-state index >= 15 is 0 Å². The number of aromatic carboxylic acids is 1. The summed E-state index contributed by atoms with van der Waals surface area (Å²) in [5.41, 5.74) is -0.178. The standard InChI is InChI=1S/C6H5NO3.Rh/c8-5-4(6(9)10)2-1-3-7-5;/h1-3H,(H,7,8)(H,9,10);. The minimum atomic E-state index is -1.18. The number of pyridine rings is 1. The van der Waals surface area contributed by atoms with Gasteiger partial charge < -0.3 is 10.2 Å². The molecule has 0 fully saturated rings. The molecule has 0 spiro atoms. The molecule has 0 aliphatic heterocycles. The molecule has 0 atom stereocenters. The van der Waals surface area contributed by atoms with Gasteiger partial charge in [-0.05, 0) is 12.1 Å². The Kier molecular flexibility index (Phi) is 3.68. The quantitative estimate of drug-likeness (QED) is 0.703. The second kappa shape index (κ2) is 4.03. The molecule has 0 aromatic carbocycles. The summed E-state index contributed by atoms with van der Waals surface area (Å²) in [6.07, 6.45) is 1.32. The van der Waals surface area contributed by atoms with Gasteiger partial charge in [0.1, 0.15) is 5.56 Å². The van der Waals surface area contributed by atoms with Crippen molar-refractivity contribution in [3.63, 3.8) is 0 Å². The fraction of sp³-hybridized carbons (Fsp3) is 0. The van der Waals surface area contributed by atoms with Gasteiger partial charge in [0.2, 0.25) is 5.88 Å². The molecule has 0 aliphatic carbocycles. The molecule has 2 N–H and O–H groups in total. The van der Waals surface area contributed by atoms with Crippen LogP contribution in [0.2, 0.25) is 0 Å². The first kappa shape index (κ1) is 10.0. The number of hydrogen-bond acceptors (Lipinski definition) is 3. The van der Waals surface area contributed by atoms with Crippen LogP contribution in [0.4, 0.5) is 0 Å². The predicted octanol–water partition coefficient (Wildman–Crippen LogP) is 0.483. The molecule has 61 valence electrons. The fourth-order valence-electron chi connectivity index (χ4n) is 0.564. The smallest absolute Gasteiger partial charge is 0.341 e. The van der Waals surface area contributed by atoms with E-state index in [-0.39, 0.29) is 25.0 Å². The largest absolute Gasteiger partial charge is 0.493 e. The SMILES string of the molecule is O=C(O)c1cccnc1O.[Rh]. The second-order valence-electron chi connectivity index (χ2n) is 1.68. The van der Waals surface area contributed by atoms with E-state index in [0.29, 0.717) is 0 Å². The van der Waals surface area contributed by atoms with Gasteiger partial charge in [-0.25, -0.2) is 9.78 Å². The van der Waals surface area contributed by atoms with E-state index in [1.54, 1.807) is 0 Å². The van der Waals surface area contributed by atoms with Crippen LogP contribution >= 0.6 is 0 Å². The van der Waals surface area contributed by atoms with Crippen molar-refractivity contribution in [3.8, 4) is 5.88 Å². The minimum Gasteiger partial charge on any atom is -0.493 e. The number of hydrogen-bond donors (Lipinski definition) is 2. The number of nitrogens with zero attached hydrogens (tertiary/aromatic N) is 1. The van der Waals surface area contributed by atoms with Gasteiger partial charge in [-0.2, -0.15) is 0 Å². The second-order valence-corrected chi connectivity index (χ2v) is 1.68. The molecular formula is C6H5NO3Rh. The number of aromatic hydroxyl groups is 1. The maximum absolute atomic E-state index is 10.2. The summed E-state index contributed by atoms with van der Waals surface area (Å²) >= 11 is 0. The summed E-state index contributed by atoms with van der Waals surface area (Å²) in [5, 5.41) is 17.2. The molecule has 0 bridgehead atoms. The number of carboxylic acids is 1. The van der Waals surface area contributed by atoms with Crippen molar-refractivity contribution < 1.29 is 34.5 Å². The average Bonchev–Trinajstić information content (AvgIpc) is 1.88. The first-order chi connectivity index (χ1) is 4.72. The van der Waals surface area contributed by atoms with Crippen LogP contribution in [-0.2, 0) is 19.5 Å². The van der Waals surface area contributed by atoms with Crippen LogP contribution in [0.3, 0.4) is 0 Å². The topological polar surface area (TPSA) is 70.4 Å². The van der Waals surface area contributed by atoms with E-state index in [2.05, 4.69) is 4.98 Å². The Morgan fingerprint density at radius 1 is 1.55 bits per heavy atom. The zero-order valence-corrected chi connectivity index (χ0v) is 6.95. The molecule has 1 heterocycles. The number of aromatic nitrogens is 1. The summed E-state index contributed by atoms with van der Waals surface area (Å²) < 4.78 is 0. The molecule has 1 aromatic rings. The van der Waals surface area contributed by atoms with Crippen LogP contribution in [0.15, 0.2) is 18.3 Å². The molecule has 0 aliphatic rings. The molecule has 0 amide bonds. The van der Waals surface area contributed by atoms with E-state index in [1.807, 2.05) is 0 Å². The Balaban J connectivity index is 0.000001000. The molecule has 5 heteroatoms. The number of carbonyl (C=O) groups is 1. The van der Waals surface area contributed by atoms with Crippen molar-refractivity contribution in [3.05, 3.63) is 23.9 Å². The molecule has 1 rings (SSSR count). The van der Waals surface area contributed by atoms with Crippen molar-refractivity contribution in [2.45, 2.75) is 0 Å². The number of rotatable bonds is 1. The summed E-state index contributed by atoms with van der Waals surface area (Å²) in [4.78, 5) is 13.6. The molecule has 0 unspecified atom stereocenters. The molecule has 0 saturated carbocycles. The molecule has 1 aromatic heterocycles. The Labute approximate surface area is 75.6 Å². The summed E-state index contributed by atoms with van der Waals surface area (Å²) in [7, 11) is 0. The molecule has 4 nitrogen and oxygen atoms in total. The van der Waals surface area contributed by atoms with E-state index in [4.69, 9.17) is 10.2 Å². The van der Waals surface area contributed by atoms with E-state index in [0.717, 1.165) is 0 Å². The average molecular weight is 242 g/mol. The summed E-state index contributed by atoms with van der Waals surface area (Å²) in [6, 6.07) is 2.73. The fourth-order valence-corrected chi connectivity index (χ4v) is 0.564. The normalized spacial score (nSPS) is 8.36. The molecule has 11 heavy (non-hydrogen) atoms. The third kappa shape index (κ3) is 2.27. The van der Waals surface area contributed by atoms with Gasteiger partial charge in [-0.3, -0.25) is 0 Å². The van der Waals surface area contributed by atoms with E-state index in [9.17, 15) is 4.79 Å². The van der Waals surface area contributed by atoms with Gasteiger partial charge >= 0.3 is 5.97 Å². The monoisotopic (exact) mass is 242 g/mol. The Hall–Kier alpha value is -0.957. The maximum atomic E-state index is 10.2. The minimum absolute atomic E-state index is 0. The molecule has 1 radical (unpaired) electrons. The Morgan fingerprint density at radius 2 is 2.18 bits per heavy atom. The van der Waals surface area contributed by atoms with Crippen LogP contribution in [0.25, 0.3) is 0 Å². The molecular weight excluding hydrogens is 237 g/mol.